The molecule has 1 saturated heterocycles. The molecule has 5 heteroatoms. The van der Waals surface area contributed by atoms with E-state index in [1.165, 1.54) is 12.1 Å². The van der Waals surface area contributed by atoms with Gasteiger partial charge in [-0.2, -0.15) is 0 Å². The lowest BCUT2D eigenvalue weighted by molar-refractivity contribution is 0.0738. The van der Waals surface area contributed by atoms with Crippen LogP contribution in [0.1, 0.15) is 43.0 Å². The molecule has 1 atom stereocenters. The van der Waals surface area contributed by atoms with E-state index in [-0.39, 0.29) is 11.7 Å². The van der Waals surface area contributed by atoms with Crippen LogP contribution in [0.5, 0.6) is 0 Å². The third kappa shape index (κ3) is 4.51. The zero-order chi connectivity index (χ0) is 15.2. The van der Waals surface area contributed by atoms with Crippen LogP contribution in [-0.4, -0.2) is 36.5 Å². The number of nitrogens with zero attached hydrogens (tertiary/aromatic N) is 1. The van der Waals surface area contributed by atoms with Gasteiger partial charge in [-0.05, 0) is 59.9 Å². The lowest BCUT2D eigenvalue weighted by Gasteiger charge is -2.26. The molecule has 1 N–H and O–H groups in total. The number of amides is 1. The standard InChI is InChI=1S/C16H22BrFN2O/c1-2-3-9-20(11-13-5-4-8-19-13)16(21)14-10-12(18)6-7-15(14)17/h6-7,10,13,19H,2-5,8-9,11H2,1H3. The SMILES string of the molecule is CCCCN(CC1CCCN1)C(=O)c1cc(F)ccc1Br. The maximum atomic E-state index is 13.4. The van der Waals surface area contributed by atoms with E-state index < -0.39 is 0 Å². The first-order chi connectivity index (χ1) is 10.1. The summed E-state index contributed by atoms with van der Waals surface area (Å²) in [7, 11) is 0. The highest BCUT2D eigenvalue weighted by Gasteiger charge is 2.23. The second-order valence-corrected chi connectivity index (χ2v) is 6.38. The summed E-state index contributed by atoms with van der Waals surface area (Å²) >= 11 is 3.35. The van der Waals surface area contributed by atoms with Gasteiger partial charge in [0, 0.05) is 23.6 Å². The molecule has 3 nitrogen and oxygen atoms in total. The number of carbonyl (C=O) groups is 1. The van der Waals surface area contributed by atoms with E-state index in [2.05, 4.69) is 28.2 Å². The van der Waals surface area contributed by atoms with Gasteiger partial charge in [-0.15, -0.1) is 0 Å². The quantitative estimate of drug-likeness (QED) is 0.844. The molecule has 1 aliphatic heterocycles. The largest absolute Gasteiger partial charge is 0.337 e. The van der Waals surface area contributed by atoms with E-state index in [1.54, 1.807) is 6.07 Å². The van der Waals surface area contributed by atoms with Gasteiger partial charge in [0.25, 0.3) is 5.91 Å². The van der Waals surface area contributed by atoms with Crippen molar-refractivity contribution in [2.24, 2.45) is 0 Å². The summed E-state index contributed by atoms with van der Waals surface area (Å²) in [6.45, 7) is 4.54. The van der Waals surface area contributed by atoms with E-state index in [4.69, 9.17) is 0 Å². The Balaban J connectivity index is 2.13. The number of hydrogen-bond acceptors (Lipinski definition) is 2. The van der Waals surface area contributed by atoms with Crippen molar-refractivity contribution in [3.63, 3.8) is 0 Å². The van der Waals surface area contributed by atoms with Crippen molar-refractivity contribution >= 4 is 21.8 Å². The maximum Gasteiger partial charge on any atom is 0.255 e. The summed E-state index contributed by atoms with van der Waals surface area (Å²) < 4.78 is 14.1. The monoisotopic (exact) mass is 356 g/mol. The van der Waals surface area contributed by atoms with Crippen molar-refractivity contribution < 1.29 is 9.18 Å². The van der Waals surface area contributed by atoms with Crippen LogP contribution in [0.15, 0.2) is 22.7 Å². The Morgan fingerprint density at radius 3 is 3.00 bits per heavy atom. The normalized spacial score (nSPS) is 18.0. The first-order valence-electron chi connectivity index (χ1n) is 7.59. The van der Waals surface area contributed by atoms with Gasteiger partial charge >= 0.3 is 0 Å². The van der Waals surface area contributed by atoms with Gasteiger partial charge in [0.2, 0.25) is 0 Å². The zero-order valence-corrected chi connectivity index (χ0v) is 14.0. The van der Waals surface area contributed by atoms with Gasteiger partial charge in [-0.1, -0.05) is 13.3 Å². The number of benzene rings is 1. The minimum Gasteiger partial charge on any atom is -0.337 e. The van der Waals surface area contributed by atoms with Crippen molar-refractivity contribution in [1.29, 1.82) is 0 Å². The molecule has 1 aromatic rings. The third-order valence-electron chi connectivity index (χ3n) is 3.83. The van der Waals surface area contributed by atoms with Crippen LogP contribution in [-0.2, 0) is 0 Å². The average molecular weight is 357 g/mol. The fourth-order valence-corrected chi connectivity index (χ4v) is 3.05. The van der Waals surface area contributed by atoms with Crippen LogP contribution < -0.4 is 5.32 Å². The van der Waals surface area contributed by atoms with Crippen LogP contribution in [0.3, 0.4) is 0 Å². The van der Waals surface area contributed by atoms with E-state index >= 15 is 0 Å². The van der Waals surface area contributed by atoms with Gasteiger partial charge in [0.15, 0.2) is 0 Å². The lowest BCUT2D eigenvalue weighted by Crippen LogP contribution is -2.41. The molecule has 0 bridgehead atoms. The Morgan fingerprint density at radius 1 is 1.52 bits per heavy atom. The van der Waals surface area contributed by atoms with E-state index in [9.17, 15) is 9.18 Å². The predicted molar refractivity (Wildman–Crippen MR) is 85.9 cm³/mol. The lowest BCUT2D eigenvalue weighted by atomic mass is 10.1. The third-order valence-corrected chi connectivity index (χ3v) is 4.52. The summed E-state index contributed by atoms with van der Waals surface area (Å²) in [4.78, 5) is 14.6. The molecule has 0 aliphatic carbocycles. The van der Waals surface area contributed by atoms with Crippen LogP contribution >= 0.6 is 15.9 Å². The van der Waals surface area contributed by atoms with Gasteiger partial charge in [-0.3, -0.25) is 4.79 Å². The highest BCUT2D eigenvalue weighted by molar-refractivity contribution is 9.10. The molecule has 0 saturated carbocycles. The Labute approximate surface area is 134 Å². The first kappa shape index (κ1) is 16.4. The Morgan fingerprint density at radius 2 is 2.33 bits per heavy atom. The second-order valence-electron chi connectivity index (χ2n) is 5.52. The number of unbranched alkanes of at least 4 members (excludes halogenated alkanes) is 1. The molecular weight excluding hydrogens is 335 g/mol. The van der Waals surface area contributed by atoms with Crippen molar-refractivity contribution in [2.75, 3.05) is 19.6 Å². The van der Waals surface area contributed by atoms with Crippen LogP contribution in [0.2, 0.25) is 0 Å². The molecule has 0 spiro atoms. The first-order valence-corrected chi connectivity index (χ1v) is 8.39. The molecule has 21 heavy (non-hydrogen) atoms. The number of halogens is 2. The summed E-state index contributed by atoms with van der Waals surface area (Å²) in [6.07, 6.45) is 4.25. The molecule has 1 fully saturated rings. The average Bonchev–Trinajstić information content (AvgIpc) is 2.98. The molecule has 1 aromatic carbocycles. The highest BCUT2D eigenvalue weighted by atomic mass is 79.9. The molecule has 2 rings (SSSR count). The molecule has 0 aromatic heterocycles. The minimum atomic E-state index is -0.379. The van der Waals surface area contributed by atoms with Crippen molar-refractivity contribution in [3.8, 4) is 0 Å². The predicted octanol–water partition coefficient (Wildman–Crippen LogP) is 3.58. The van der Waals surface area contributed by atoms with Crippen LogP contribution in [0, 0.1) is 5.82 Å². The van der Waals surface area contributed by atoms with Crippen molar-refractivity contribution in [3.05, 3.63) is 34.1 Å². The van der Waals surface area contributed by atoms with Crippen LogP contribution in [0.4, 0.5) is 4.39 Å². The molecule has 0 radical (unpaired) electrons. The maximum absolute atomic E-state index is 13.4. The smallest absolute Gasteiger partial charge is 0.255 e. The number of carbonyl (C=O) groups excluding carboxylic acids is 1. The van der Waals surface area contributed by atoms with Crippen molar-refractivity contribution in [2.45, 2.75) is 38.6 Å². The Bertz CT molecular complexity index is 489. The summed E-state index contributed by atoms with van der Waals surface area (Å²) in [5.41, 5.74) is 0.407. The summed E-state index contributed by atoms with van der Waals surface area (Å²) in [5.74, 6) is -0.473. The Kier molecular flexibility index (Phi) is 6.18. The van der Waals surface area contributed by atoms with Gasteiger partial charge in [0.1, 0.15) is 5.82 Å². The molecular formula is C16H22BrFN2O. The summed E-state index contributed by atoms with van der Waals surface area (Å²) in [5, 5.41) is 3.42. The number of rotatable bonds is 6. The second kappa shape index (κ2) is 7.90. The summed E-state index contributed by atoms with van der Waals surface area (Å²) in [6, 6.07) is 4.62. The molecule has 1 unspecified atom stereocenters. The molecule has 1 heterocycles. The Hall–Kier alpha value is -0.940. The van der Waals surface area contributed by atoms with E-state index in [0.29, 0.717) is 22.6 Å². The highest BCUT2D eigenvalue weighted by Crippen LogP contribution is 2.21. The van der Waals surface area contributed by atoms with Crippen LogP contribution in [0.25, 0.3) is 0 Å². The number of nitrogens with one attached hydrogen (secondary N) is 1. The zero-order valence-electron chi connectivity index (χ0n) is 12.4. The van der Waals surface area contributed by atoms with Crippen molar-refractivity contribution in [1.82, 2.24) is 10.2 Å². The number of hydrogen-bond donors (Lipinski definition) is 1. The van der Waals surface area contributed by atoms with E-state index in [1.807, 2.05) is 4.90 Å². The fourth-order valence-electron chi connectivity index (χ4n) is 2.64. The van der Waals surface area contributed by atoms with Gasteiger partial charge < -0.3 is 10.2 Å². The molecule has 1 amide bonds. The molecule has 116 valence electrons. The van der Waals surface area contributed by atoms with Gasteiger partial charge in [0.05, 0.1) is 5.56 Å². The van der Waals surface area contributed by atoms with Gasteiger partial charge in [-0.25, -0.2) is 4.39 Å². The van der Waals surface area contributed by atoms with E-state index in [0.717, 1.165) is 38.8 Å². The fraction of sp³-hybridized carbons (Fsp3) is 0.562. The minimum absolute atomic E-state index is 0.0940. The topological polar surface area (TPSA) is 32.3 Å². The molecule has 1 aliphatic rings.